The van der Waals surface area contributed by atoms with E-state index in [1.54, 1.807) is 12.1 Å². The maximum Gasteiger partial charge on any atom is 0.254 e. The fourth-order valence-corrected chi connectivity index (χ4v) is 3.93. The van der Waals surface area contributed by atoms with Gasteiger partial charge in [0.2, 0.25) is 17.5 Å². The number of likely N-dealkylation sites (tertiary alicyclic amines) is 1. The number of benzene rings is 1. The number of rotatable bonds is 9. The van der Waals surface area contributed by atoms with E-state index < -0.39 is 0 Å². The van der Waals surface area contributed by atoms with Crippen molar-refractivity contribution in [2.75, 3.05) is 32.9 Å². The molecule has 8 heteroatoms. The Bertz CT molecular complexity index is 873. The molecule has 31 heavy (non-hydrogen) atoms. The quantitative estimate of drug-likeness (QED) is 0.591. The molecular weight excluding hydrogens is 398 g/mol. The van der Waals surface area contributed by atoms with Crippen molar-refractivity contribution in [2.24, 2.45) is 0 Å². The molecule has 168 valence electrons. The predicted octanol–water partition coefficient (Wildman–Crippen LogP) is 4.16. The Kier molecular flexibility index (Phi) is 6.63. The van der Waals surface area contributed by atoms with Crippen molar-refractivity contribution in [1.82, 2.24) is 15.1 Å². The minimum atomic E-state index is -0.0346. The van der Waals surface area contributed by atoms with E-state index in [1.165, 1.54) is 0 Å². The zero-order chi connectivity index (χ0) is 21.8. The second-order valence-electron chi connectivity index (χ2n) is 7.92. The summed E-state index contributed by atoms with van der Waals surface area (Å²) in [6, 6.07) is 3.51. The molecule has 1 aromatic carbocycles. The van der Waals surface area contributed by atoms with Crippen LogP contribution in [0.3, 0.4) is 0 Å². The molecule has 0 N–H and O–H groups in total. The van der Waals surface area contributed by atoms with E-state index >= 15 is 0 Å². The van der Waals surface area contributed by atoms with Crippen molar-refractivity contribution < 1.29 is 23.4 Å². The molecule has 0 unspecified atom stereocenters. The van der Waals surface area contributed by atoms with Gasteiger partial charge in [-0.3, -0.25) is 4.79 Å². The third-order valence-corrected chi connectivity index (χ3v) is 5.67. The van der Waals surface area contributed by atoms with Crippen molar-refractivity contribution in [3.05, 3.63) is 29.5 Å². The van der Waals surface area contributed by atoms with E-state index in [0.717, 1.165) is 31.6 Å². The lowest BCUT2D eigenvalue weighted by Gasteiger charge is -2.30. The zero-order valence-corrected chi connectivity index (χ0v) is 18.6. The van der Waals surface area contributed by atoms with E-state index in [2.05, 4.69) is 10.2 Å². The topological polar surface area (TPSA) is 86.9 Å². The largest absolute Gasteiger partial charge is 0.490 e. The molecule has 0 radical (unpaired) electrons. The van der Waals surface area contributed by atoms with Gasteiger partial charge in [0.1, 0.15) is 0 Å². The third kappa shape index (κ3) is 4.78. The van der Waals surface area contributed by atoms with E-state index in [1.807, 2.05) is 25.7 Å². The van der Waals surface area contributed by atoms with Crippen LogP contribution in [0.5, 0.6) is 17.2 Å². The SMILES string of the molecule is CCOc1cc(C(=O)N2CCC(c3nnc(C4CC4)o3)CC2)cc(OCC)c1OCC. The average molecular weight is 430 g/mol. The highest BCUT2D eigenvalue weighted by molar-refractivity contribution is 5.95. The van der Waals surface area contributed by atoms with Crippen LogP contribution in [0.15, 0.2) is 16.5 Å². The van der Waals surface area contributed by atoms with Gasteiger partial charge in [0.25, 0.3) is 5.91 Å². The van der Waals surface area contributed by atoms with Gasteiger partial charge in [-0.2, -0.15) is 0 Å². The Morgan fingerprint density at radius 3 is 1.90 bits per heavy atom. The monoisotopic (exact) mass is 429 g/mol. The summed E-state index contributed by atoms with van der Waals surface area (Å²) in [5, 5.41) is 8.45. The summed E-state index contributed by atoms with van der Waals surface area (Å²) in [6.45, 7) is 8.44. The molecule has 2 aliphatic rings. The van der Waals surface area contributed by atoms with Gasteiger partial charge in [0.15, 0.2) is 11.5 Å². The molecule has 2 heterocycles. The van der Waals surface area contributed by atoms with E-state index in [9.17, 15) is 4.79 Å². The standard InChI is InChI=1S/C23H31N3O5/c1-4-28-18-13-17(14-19(29-5-2)20(18)30-6-3)23(27)26-11-9-16(10-12-26)22-25-24-21(31-22)15-7-8-15/h13-16H,4-12H2,1-3H3. The first-order valence-corrected chi connectivity index (χ1v) is 11.3. The lowest BCUT2D eigenvalue weighted by Crippen LogP contribution is -2.38. The van der Waals surface area contributed by atoms with E-state index in [4.69, 9.17) is 18.6 Å². The van der Waals surface area contributed by atoms with Gasteiger partial charge in [0.05, 0.1) is 19.8 Å². The number of aromatic nitrogens is 2. The summed E-state index contributed by atoms with van der Waals surface area (Å²) in [5.41, 5.74) is 0.544. The fraction of sp³-hybridized carbons (Fsp3) is 0.609. The minimum absolute atomic E-state index is 0.0346. The predicted molar refractivity (Wildman–Crippen MR) is 114 cm³/mol. The minimum Gasteiger partial charge on any atom is -0.490 e. The summed E-state index contributed by atoms with van der Waals surface area (Å²) in [7, 11) is 0. The first-order valence-electron chi connectivity index (χ1n) is 11.3. The smallest absolute Gasteiger partial charge is 0.254 e. The van der Waals surface area contributed by atoms with Crippen LogP contribution >= 0.6 is 0 Å². The highest BCUT2D eigenvalue weighted by Crippen LogP contribution is 2.41. The van der Waals surface area contributed by atoms with Gasteiger partial charge in [-0.25, -0.2) is 0 Å². The van der Waals surface area contributed by atoms with Gasteiger partial charge in [-0.05, 0) is 58.6 Å². The van der Waals surface area contributed by atoms with Crippen molar-refractivity contribution in [3.63, 3.8) is 0 Å². The van der Waals surface area contributed by atoms with E-state index in [0.29, 0.717) is 67.5 Å². The van der Waals surface area contributed by atoms with Crippen molar-refractivity contribution in [1.29, 1.82) is 0 Å². The second-order valence-corrected chi connectivity index (χ2v) is 7.92. The van der Waals surface area contributed by atoms with Gasteiger partial charge in [-0.1, -0.05) is 0 Å². The molecule has 0 atom stereocenters. The van der Waals surface area contributed by atoms with Crippen LogP contribution in [0.25, 0.3) is 0 Å². The molecule has 1 saturated heterocycles. The Labute approximate surface area is 182 Å². The first kappa shape index (κ1) is 21.5. The molecule has 0 spiro atoms. The average Bonchev–Trinajstić information content (AvgIpc) is 3.52. The van der Waals surface area contributed by atoms with Gasteiger partial charge in [-0.15, -0.1) is 10.2 Å². The highest BCUT2D eigenvalue weighted by atomic mass is 16.5. The number of carbonyl (C=O) groups is 1. The summed E-state index contributed by atoms with van der Waals surface area (Å²) < 4.78 is 23.1. The molecule has 1 aliphatic carbocycles. The van der Waals surface area contributed by atoms with Crippen molar-refractivity contribution in [2.45, 2.75) is 58.3 Å². The van der Waals surface area contributed by atoms with Gasteiger partial charge < -0.3 is 23.5 Å². The molecule has 0 bridgehead atoms. The number of hydrogen-bond donors (Lipinski definition) is 0. The summed E-state index contributed by atoms with van der Waals surface area (Å²) >= 11 is 0. The molecule has 2 aromatic rings. The van der Waals surface area contributed by atoms with Crippen LogP contribution in [-0.2, 0) is 0 Å². The molecule has 2 fully saturated rings. The Morgan fingerprint density at radius 2 is 1.42 bits per heavy atom. The Morgan fingerprint density at radius 1 is 0.903 bits per heavy atom. The van der Waals surface area contributed by atoms with Crippen LogP contribution in [0.4, 0.5) is 0 Å². The lowest BCUT2D eigenvalue weighted by atomic mass is 9.96. The molecule has 1 aliphatic heterocycles. The Hall–Kier alpha value is -2.77. The molecule has 8 nitrogen and oxygen atoms in total. The molecule has 4 rings (SSSR count). The molecule has 1 aromatic heterocycles. The van der Waals surface area contributed by atoms with Crippen LogP contribution in [0, 0.1) is 0 Å². The van der Waals surface area contributed by atoms with Crippen molar-refractivity contribution >= 4 is 5.91 Å². The number of ether oxygens (including phenoxy) is 3. The van der Waals surface area contributed by atoms with Crippen LogP contribution in [0.1, 0.15) is 80.4 Å². The summed E-state index contributed by atoms with van der Waals surface area (Å²) in [5.74, 6) is 3.74. The number of carbonyl (C=O) groups excluding carboxylic acids is 1. The fourth-order valence-electron chi connectivity index (χ4n) is 3.93. The van der Waals surface area contributed by atoms with Gasteiger partial charge >= 0.3 is 0 Å². The maximum atomic E-state index is 13.2. The number of piperidine rings is 1. The highest BCUT2D eigenvalue weighted by Gasteiger charge is 2.33. The molecular formula is C23H31N3O5. The third-order valence-electron chi connectivity index (χ3n) is 5.67. The van der Waals surface area contributed by atoms with Gasteiger partial charge in [0, 0.05) is 30.5 Å². The Balaban J connectivity index is 1.47. The lowest BCUT2D eigenvalue weighted by molar-refractivity contribution is 0.0705. The summed E-state index contributed by atoms with van der Waals surface area (Å²) in [4.78, 5) is 15.1. The number of nitrogens with zero attached hydrogens (tertiary/aromatic N) is 3. The normalized spacial score (nSPS) is 16.9. The van der Waals surface area contributed by atoms with Crippen LogP contribution < -0.4 is 14.2 Å². The maximum absolute atomic E-state index is 13.2. The summed E-state index contributed by atoms with van der Waals surface area (Å²) in [6.07, 6.45) is 3.91. The first-order chi connectivity index (χ1) is 15.1. The van der Waals surface area contributed by atoms with Crippen molar-refractivity contribution in [3.8, 4) is 17.2 Å². The molecule has 1 saturated carbocycles. The van der Waals surface area contributed by atoms with E-state index in [-0.39, 0.29) is 11.8 Å². The van der Waals surface area contributed by atoms with Crippen LogP contribution in [-0.4, -0.2) is 53.9 Å². The number of hydrogen-bond acceptors (Lipinski definition) is 7. The second kappa shape index (κ2) is 9.58. The number of amides is 1. The van der Waals surface area contributed by atoms with Crippen LogP contribution in [0.2, 0.25) is 0 Å². The zero-order valence-electron chi connectivity index (χ0n) is 18.6. The molecule has 1 amide bonds.